The van der Waals surface area contributed by atoms with E-state index in [1.165, 1.54) is 11.7 Å². The topological polar surface area (TPSA) is 145 Å². The molecule has 4 rings (SSSR count). The third kappa shape index (κ3) is 6.53. The van der Waals surface area contributed by atoms with Crippen molar-refractivity contribution in [3.63, 3.8) is 0 Å². The summed E-state index contributed by atoms with van der Waals surface area (Å²) in [6.45, 7) is 10.6. The molecule has 3 N–H and O–H groups in total. The number of aromatic nitrogens is 1. The van der Waals surface area contributed by atoms with Crippen molar-refractivity contribution in [2.45, 2.75) is 96.9 Å². The minimum Gasteiger partial charge on any atom is -0.457 e. The van der Waals surface area contributed by atoms with Gasteiger partial charge in [0.1, 0.15) is 17.9 Å². The highest BCUT2D eigenvalue weighted by Gasteiger charge is 2.51. The van der Waals surface area contributed by atoms with Crippen LogP contribution in [0.4, 0.5) is 0 Å². The molecule has 1 saturated carbocycles. The summed E-state index contributed by atoms with van der Waals surface area (Å²) in [4.78, 5) is 39.0. The average Bonchev–Trinajstić information content (AvgIpc) is 3.55. The number of hydrogen-bond donors (Lipinski definition) is 3. The van der Waals surface area contributed by atoms with Crippen molar-refractivity contribution >= 4 is 17.8 Å². The third-order valence-corrected chi connectivity index (χ3v) is 9.75. The summed E-state index contributed by atoms with van der Waals surface area (Å²) in [5.41, 5.74) is -0.549. The molecule has 0 spiro atoms. The molecular weight excluding hydrogens is 554 g/mol. The Morgan fingerprint density at radius 3 is 2.49 bits per heavy atom. The van der Waals surface area contributed by atoms with Crippen LogP contribution in [0, 0.1) is 35.5 Å². The largest absolute Gasteiger partial charge is 0.457 e. The van der Waals surface area contributed by atoms with E-state index < -0.39 is 54.0 Å². The van der Waals surface area contributed by atoms with Crippen LogP contribution in [0.3, 0.4) is 0 Å². The number of nitrogens with zero attached hydrogens (tertiary/aromatic N) is 1. The van der Waals surface area contributed by atoms with Crippen LogP contribution in [-0.2, 0) is 19.0 Å². The fraction of sp³-hybridized carbons (Fsp3) is 0.667. The first-order valence-electron chi connectivity index (χ1n) is 15.3. The van der Waals surface area contributed by atoms with E-state index >= 15 is 0 Å². The van der Waals surface area contributed by atoms with Crippen LogP contribution in [-0.4, -0.2) is 81.0 Å². The lowest BCUT2D eigenvalue weighted by atomic mass is 9.65. The van der Waals surface area contributed by atoms with E-state index in [0.29, 0.717) is 12.0 Å². The summed E-state index contributed by atoms with van der Waals surface area (Å²) in [5.74, 6) is -3.54. The van der Waals surface area contributed by atoms with Crippen LogP contribution in [0.25, 0.3) is 0 Å². The quantitative estimate of drug-likeness (QED) is 0.329. The predicted molar refractivity (Wildman–Crippen MR) is 158 cm³/mol. The van der Waals surface area contributed by atoms with E-state index in [9.17, 15) is 29.7 Å². The van der Waals surface area contributed by atoms with Gasteiger partial charge in [-0.25, -0.2) is 9.59 Å². The zero-order chi connectivity index (χ0) is 31.8. The molecule has 11 atom stereocenters. The van der Waals surface area contributed by atoms with Crippen molar-refractivity contribution in [2.75, 3.05) is 7.11 Å². The molecule has 0 bridgehead atoms. The van der Waals surface area contributed by atoms with Crippen molar-refractivity contribution in [3.05, 3.63) is 47.8 Å². The van der Waals surface area contributed by atoms with E-state index in [1.54, 1.807) is 39.1 Å². The lowest BCUT2D eigenvalue weighted by molar-refractivity contribution is -0.171. The fourth-order valence-electron chi connectivity index (χ4n) is 7.09. The molecule has 2 heterocycles. The number of cyclic esters (lactones) is 1. The van der Waals surface area contributed by atoms with Crippen molar-refractivity contribution in [3.8, 4) is 0 Å². The standard InChI is InChI=1S/C33H47NO9/c1-17(2)30(37)34-12-8-9-25(34)31(38)43-29-20(5)26(36)15-24(29)22-10-11-23-14-27(41-7)32(39)42-28(21(6)35)18(3)13-19(4)33(23,40)16-22/h8-13,17-18,20-24,26-29,35-36,40H,14-16H2,1-7H3/b19-13+/t18-,20-,21?,22-,23?,24-,26+,27+,28+,29-,33+/m1/s1. The number of ether oxygens (including phenoxy) is 3. The molecule has 3 aliphatic rings. The summed E-state index contributed by atoms with van der Waals surface area (Å²) >= 11 is 0. The lowest BCUT2D eigenvalue weighted by Crippen LogP contribution is -2.49. The van der Waals surface area contributed by atoms with Gasteiger partial charge in [0.15, 0.2) is 6.10 Å². The van der Waals surface area contributed by atoms with Gasteiger partial charge >= 0.3 is 11.9 Å². The molecule has 0 saturated heterocycles. The molecule has 238 valence electrons. The Kier molecular flexibility index (Phi) is 10.1. The molecule has 1 fully saturated rings. The zero-order valence-corrected chi connectivity index (χ0v) is 26.2. The number of allylic oxidation sites excluding steroid dienone is 1. The summed E-state index contributed by atoms with van der Waals surface area (Å²) in [6, 6.07) is 3.18. The van der Waals surface area contributed by atoms with Crippen LogP contribution >= 0.6 is 0 Å². The summed E-state index contributed by atoms with van der Waals surface area (Å²) in [6.07, 6.45) is 4.03. The Hall–Kier alpha value is -2.79. The first-order valence-corrected chi connectivity index (χ1v) is 15.3. The second-order valence-electron chi connectivity index (χ2n) is 13.0. The molecule has 2 aliphatic carbocycles. The third-order valence-electron chi connectivity index (χ3n) is 9.75. The van der Waals surface area contributed by atoms with Crippen molar-refractivity contribution < 1.29 is 43.9 Å². The summed E-state index contributed by atoms with van der Waals surface area (Å²) in [7, 11) is 1.42. The number of aliphatic hydroxyl groups is 3. The summed E-state index contributed by atoms with van der Waals surface area (Å²) < 4.78 is 18.5. The smallest absolute Gasteiger partial charge is 0.355 e. The molecule has 10 nitrogen and oxygen atoms in total. The number of carbonyl (C=O) groups excluding carboxylic acids is 3. The Morgan fingerprint density at radius 1 is 1.16 bits per heavy atom. The minimum absolute atomic E-state index is 0.133. The van der Waals surface area contributed by atoms with Crippen LogP contribution < -0.4 is 0 Å². The van der Waals surface area contributed by atoms with Gasteiger partial charge in [0.05, 0.1) is 17.8 Å². The second kappa shape index (κ2) is 13.1. The average molecular weight is 602 g/mol. The SMILES string of the molecule is CO[C@H]1CC2C=C[C@@H]([C@H]3C[C@H](O)[C@@H](C)[C@H]3OC(=O)c3cccn3C(=O)C(C)C)C[C@]2(O)/C(C)=C/[C@@H](C)[C@@H](C(C)O)OC1=O. The number of carbonyl (C=O) groups is 3. The highest BCUT2D eigenvalue weighted by molar-refractivity contribution is 5.94. The van der Waals surface area contributed by atoms with E-state index in [0.717, 1.165) is 0 Å². The monoisotopic (exact) mass is 601 g/mol. The lowest BCUT2D eigenvalue weighted by Gasteiger charge is -2.45. The van der Waals surface area contributed by atoms with Gasteiger partial charge in [-0.2, -0.15) is 0 Å². The molecule has 1 aromatic rings. The number of aliphatic hydroxyl groups excluding tert-OH is 2. The molecule has 10 heteroatoms. The fourth-order valence-corrected chi connectivity index (χ4v) is 7.09. The zero-order valence-electron chi connectivity index (χ0n) is 26.2. The molecule has 0 radical (unpaired) electrons. The van der Waals surface area contributed by atoms with E-state index in [-0.39, 0.29) is 54.0 Å². The first kappa shape index (κ1) is 33.1. The number of esters is 2. The minimum atomic E-state index is -1.37. The Bertz CT molecular complexity index is 1250. The van der Waals surface area contributed by atoms with Crippen molar-refractivity contribution in [2.24, 2.45) is 35.5 Å². The molecular formula is C33H47NO9. The van der Waals surface area contributed by atoms with E-state index in [1.807, 2.05) is 39.0 Å². The Balaban J connectivity index is 1.65. The molecule has 0 amide bonds. The Morgan fingerprint density at radius 2 is 1.86 bits per heavy atom. The van der Waals surface area contributed by atoms with Crippen molar-refractivity contribution in [1.29, 1.82) is 0 Å². The van der Waals surface area contributed by atoms with Crippen LogP contribution in [0.15, 0.2) is 42.1 Å². The van der Waals surface area contributed by atoms with Crippen molar-refractivity contribution in [1.82, 2.24) is 4.57 Å². The predicted octanol–water partition coefficient (Wildman–Crippen LogP) is 3.54. The highest BCUT2D eigenvalue weighted by atomic mass is 16.6. The maximum atomic E-state index is 13.4. The molecule has 1 aromatic heterocycles. The number of fused-ring (bicyclic) bond motifs is 1. The van der Waals surface area contributed by atoms with Gasteiger partial charge in [0.25, 0.3) is 0 Å². The first-order chi connectivity index (χ1) is 20.2. The van der Waals surface area contributed by atoms with E-state index in [2.05, 4.69) is 0 Å². The molecule has 0 aromatic carbocycles. The summed E-state index contributed by atoms with van der Waals surface area (Å²) in [5, 5.41) is 33.6. The molecule has 2 unspecified atom stereocenters. The Labute approximate surface area is 253 Å². The highest BCUT2D eigenvalue weighted by Crippen LogP contribution is 2.48. The van der Waals surface area contributed by atoms with Crippen LogP contribution in [0.5, 0.6) is 0 Å². The second-order valence-corrected chi connectivity index (χ2v) is 13.0. The maximum absolute atomic E-state index is 13.4. The van der Waals surface area contributed by atoms with E-state index in [4.69, 9.17) is 14.2 Å². The number of rotatable bonds is 6. The van der Waals surface area contributed by atoms with Gasteiger partial charge in [0, 0.05) is 42.9 Å². The maximum Gasteiger partial charge on any atom is 0.355 e. The normalized spacial score (nSPS) is 38.5. The van der Waals surface area contributed by atoms with Gasteiger partial charge in [-0.15, -0.1) is 0 Å². The van der Waals surface area contributed by atoms with Gasteiger partial charge < -0.3 is 29.5 Å². The van der Waals surface area contributed by atoms with Gasteiger partial charge in [-0.1, -0.05) is 45.9 Å². The van der Waals surface area contributed by atoms with Crippen LogP contribution in [0.2, 0.25) is 0 Å². The number of methoxy groups -OCH3 is 1. The van der Waals surface area contributed by atoms with Gasteiger partial charge in [-0.3, -0.25) is 9.36 Å². The van der Waals surface area contributed by atoms with Crippen LogP contribution in [0.1, 0.15) is 76.1 Å². The number of hydrogen-bond acceptors (Lipinski definition) is 9. The van der Waals surface area contributed by atoms with Gasteiger partial charge in [-0.05, 0) is 56.7 Å². The molecule has 1 aliphatic heterocycles. The molecule has 43 heavy (non-hydrogen) atoms. The van der Waals surface area contributed by atoms with Gasteiger partial charge in [0.2, 0.25) is 5.91 Å².